The van der Waals surface area contributed by atoms with E-state index in [0.29, 0.717) is 0 Å². The van der Waals surface area contributed by atoms with E-state index in [9.17, 15) is 0 Å². The zero-order valence-corrected chi connectivity index (χ0v) is 9.08. The van der Waals surface area contributed by atoms with Crippen LogP contribution in [0.3, 0.4) is 0 Å². The maximum absolute atomic E-state index is 7.75. The van der Waals surface area contributed by atoms with Crippen LogP contribution in [0.15, 0.2) is 0 Å². The second-order valence-electron chi connectivity index (χ2n) is 0. The Bertz CT molecular complexity index is 8.49. The van der Waals surface area contributed by atoms with Gasteiger partial charge in [-0.05, 0) is 0 Å². The van der Waals surface area contributed by atoms with E-state index in [-0.39, 0.29) is 57.6 Å². The summed E-state index contributed by atoms with van der Waals surface area (Å²) in [5, 5.41) is 0. The Kier molecular flexibility index (Phi) is 84000. The first kappa shape index (κ1) is 252. The minimum Gasteiger partial charge on any atom is -0.545 e. The van der Waals surface area contributed by atoms with Gasteiger partial charge in [0.05, 0.1) is 0 Å². The van der Waals surface area contributed by atoms with Gasteiger partial charge in [0, 0.05) is 20.4 Å². The first-order valence-electron chi connectivity index (χ1n) is 0.236. The largest absolute Gasteiger partial charge is 0.545 e. The molecule has 0 heterocycles. The van der Waals surface area contributed by atoms with Crippen molar-refractivity contribution in [3.05, 3.63) is 37.1 Å². The molecule has 1 nitrogen and oxygen atoms in total. The van der Waals surface area contributed by atoms with E-state index >= 15 is 0 Å². The second-order valence-corrected chi connectivity index (χ2v) is 0. The zero-order chi connectivity index (χ0) is 2.00. The third-order valence-electron chi connectivity index (χ3n) is 0. The predicted octanol–water partition coefficient (Wildman–Crippen LogP) is 1.97. The molecule has 0 saturated heterocycles. The molecular weight excluding hydrogens is 274 g/mol. The smallest absolute Gasteiger partial charge is 0 e. The van der Waals surface area contributed by atoms with Gasteiger partial charge >= 0.3 is 0 Å². The average Bonchev–Trinajstić information content (AvgIpc) is 1.00. The molecule has 8 heavy (non-hydrogen) atoms. The van der Waals surface area contributed by atoms with E-state index in [1.807, 2.05) is 0 Å². The van der Waals surface area contributed by atoms with Crippen LogP contribution in [-0.4, -0.2) is 6.79 Å². The van der Waals surface area contributed by atoms with E-state index < -0.39 is 0 Å². The fraction of sp³-hybridized carbons (Fsp3) is 0. The molecule has 0 fully saturated rings. The van der Waals surface area contributed by atoms with Crippen LogP contribution in [0.4, 0.5) is 0 Å². The fourth-order valence-corrected chi connectivity index (χ4v) is 0. The zero-order valence-electron chi connectivity index (χ0n) is 6.36. The van der Waals surface area contributed by atoms with Gasteiger partial charge in [-0.1, -0.05) is 0 Å². The van der Waals surface area contributed by atoms with Crippen LogP contribution in [0.2, 0.25) is 0 Å². The van der Waals surface area contributed by atoms with Crippen molar-refractivity contribution in [3.8, 4) is 0 Å². The van der Waals surface area contributed by atoms with Gasteiger partial charge in [-0.25, -0.2) is 0 Å². The minimum atomic E-state index is 0. The molecule has 0 aromatic carbocycles. The maximum atomic E-state index is 7.75. The van der Waals surface area contributed by atoms with Crippen LogP contribution in [0.5, 0.6) is 0 Å². The summed E-state index contributed by atoms with van der Waals surface area (Å²) in [5.74, 6) is 0. The summed E-state index contributed by atoms with van der Waals surface area (Å²) < 4.78 is 0. The van der Waals surface area contributed by atoms with Crippen LogP contribution in [0, 0.1) is 37.1 Å². The molecule has 0 amide bonds. The van der Waals surface area contributed by atoms with Crippen molar-refractivity contribution < 1.29 is 25.2 Å². The van der Waals surface area contributed by atoms with E-state index in [1.165, 1.54) is 0 Å². The van der Waals surface area contributed by atoms with Gasteiger partial charge in [-0.3, -0.25) is 6.79 Å². The molecule has 0 rings (SSSR count). The molecule has 0 N–H and O–H groups in total. The molecule has 1 radical (unpaired) electrons. The molecular formula is C6H16ORe-6. The molecule has 0 aromatic rings. The molecule has 0 aliphatic carbocycles. The average molecular weight is 290 g/mol. The van der Waals surface area contributed by atoms with E-state index in [4.69, 9.17) is 4.79 Å². The van der Waals surface area contributed by atoms with Crippen LogP contribution in [0.25, 0.3) is 0 Å². The summed E-state index contributed by atoms with van der Waals surface area (Å²) in [6, 6.07) is 0. The van der Waals surface area contributed by atoms with Gasteiger partial charge in [0.1, 0.15) is 0 Å². The van der Waals surface area contributed by atoms with Gasteiger partial charge in [0.2, 0.25) is 0 Å². The second kappa shape index (κ2) is 2660. The monoisotopic (exact) mass is 291 g/mol. The first-order valence-corrected chi connectivity index (χ1v) is 0.236. The fourth-order valence-electron chi connectivity index (χ4n) is 0. The first-order chi connectivity index (χ1) is 1.00. The molecule has 0 aromatic heterocycles. The Balaban J connectivity index is -0.000000000333. The Labute approximate surface area is 69.5 Å². The predicted molar refractivity (Wildman–Crippen MR) is 38.8 cm³/mol. The summed E-state index contributed by atoms with van der Waals surface area (Å²) in [5.41, 5.74) is 0. The van der Waals surface area contributed by atoms with E-state index in [0.717, 1.165) is 0 Å². The van der Waals surface area contributed by atoms with Crippen molar-refractivity contribution in [2.75, 3.05) is 0 Å². The van der Waals surface area contributed by atoms with Crippen molar-refractivity contribution in [3.63, 3.8) is 0 Å². The van der Waals surface area contributed by atoms with Crippen molar-refractivity contribution in [1.29, 1.82) is 0 Å². The standard InChI is InChI=1S/CHO.5CH3.Re/c1-2;;;;;;/h1H;5*1H3;/q6*-1;. The topological polar surface area (TPSA) is 17.1 Å². The molecule has 0 aliphatic rings. The molecule has 0 spiro atoms. The molecule has 0 unspecified atom stereocenters. The molecule has 0 bridgehead atoms. The van der Waals surface area contributed by atoms with Crippen molar-refractivity contribution in [1.82, 2.24) is 0 Å². The minimum absolute atomic E-state index is 0. The molecule has 59 valence electrons. The van der Waals surface area contributed by atoms with Gasteiger partial charge in [0.15, 0.2) is 0 Å². The molecule has 0 aliphatic heterocycles. The maximum Gasteiger partial charge on any atom is 0 e. The summed E-state index contributed by atoms with van der Waals surface area (Å²) in [6.45, 7) is 3.25. The van der Waals surface area contributed by atoms with E-state index in [1.54, 1.807) is 0 Å². The van der Waals surface area contributed by atoms with Gasteiger partial charge in [-0.2, -0.15) is 0 Å². The van der Waals surface area contributed by atoms with Gasteiger partial charge in [-0.15, -0.1) is 0 Å². The normalized spacial score (nSPS) is 0.500. The number of carbonyl (C=O) groups excluding carboxylic acids is 1. The number of hydrogen-bond donors (Lipinski definition) is 0. The molecule has 2 heteroatoms. The Morgan fingerprint density at radius 3 is 0.625 bits per heavy atom. The summed E-state index contributed by atoms with van der Waals surface area (Å²) >= 11 is 0. The Hall–Kier alpha value is 0.332. The van der Waals surface area contributed by atoms with Crippen LogP contribution < -0.4 is 0 Å². The van der Waals surface area contributed by atoms with Crippen LogP contribution in [-0.2, 0) is 25.2 Å². The van der Waals surface area contributed by atoms with Crippen LogP contribution in [0.1, 0.15) is 0 Å². The summed E-state index contributed by atoms with van der Waals surface area (Å²) in [6.07, 6.45) is 0. The Morgan fingerprint density at radius 1 is 0.625 bits per heavy atom. The third-order valence-corrected chi connectivity index (χ3v) is 0. The summed E-state index contributed by atoms with van der Waals surface area (Å²) in [4.78, 5) is 7.75. The number of rotatable bonds is 0. The Morgan fingerprint density at radius 2 is 0.625 bits per heavy atom. The molecule has 0 saturated carbocycles. The molecule has 0 atom stereocenters. The van der Waals surface area contributed by atoms with Gasteiger partial charge < -0.3 is 41.9 Å². The SMILES string of the molecule is [CH-]=O.[CH3-].[CH3-].[CH3-].[CH3-].[CH3-].[Re]. The quantitative estimate of drug-likeness (QED) is 0.492. The van der Waals surface area contributed by atoms with Crippen molar-refractivity contribution in [2.24, 2.45) is 0 Å². The van der Waals surface area contributed by atoms with Gasteiger partial charge in [0.25, 0.3) is 0 Å². The third kappa shape index (κ3) is 1630. The number of hydrogen-bond acceptors (Lipinski definition) is 1. The van der Waals surface area contributed by atoms with Crippen molar-refractivity contribution >= 4 is 6.79 Å². The van der Waals surface area contributed by atoms with Crippen LogP contribution >= 0.6 is 0 Å². The van der Waals surface area contributed by atoms with Crippen molar-refractivity contribution in [2.45, 2.75) is 0 Å². The van der Waals surface area contributed by atoms with E-state index in [2.05, 4.69) is 6.79 Å². The summed E-state index contributed by atoms with van der Waals surface area (Å²) in [7, 11) is 0.